The van der Waals surface area contributed by atoms with E-state index in [0.717, 1.165) is 16.7 Å². The molecule has 5 heteroatoms. The number of pyridine rings is 1. The maximum absolute atomic E-state index is 12.5. The van der Waals surface area contributed by atoms with Crippen LogP contribution >= 0.6 is 11.6 Å². The van der Waals surface area contributed by atoms with Gasteiger partial charge in [-0.05, 0) is 31.2 Å². The molecular weight excluding hydrogens is 300 g/mol. The number of nitrogens with zero attached hydrogens (tertiary/aromatic N) is 2. The van der Waals surface area contributed by atoms with Crippen molar-refractivity contribution in [3.8, 4) is 0 Å². The number of amides is 1. The Bertz CT molecular complexity index is 795. The highest BCUT2D eigenvalue weighted by Gasteiger charge is 2.22. The molecule has 0 spiro atoms. The van der Waals surface area contributed by atoms with Crippen LogP contribution in [0, 0.1) is 0 Å². The van der Waals surface area contributed by atoms with E-state index in [0.29, 0.717) is 10.7 Å². The first kappa shape index (κ1) is 14.6. The Morgan fingerprint density at radius 1 is 1.27 bits per heavy atom. The summed E-state index contributed by atoms with van der Waals surface area (Å²) in [6.07, 6.45) is 1.52. The van der Waals surface area contributed by atoms with Crippen molar-refractivity contribution in [2.75, 3.05) is 7.05 Å². The molecule has 0 aliphatic rings. The number of carbonyl (C=O) groups excluding carboxylic acids is 1. The Morgan fingerprint density at radius 3 is 2.77 bits per heavy atom. The molecule has 0 N–H and O–H groups in total. The largest absolute Gasteiger partial charge is 0.459 e. The number of rotatable bonds is 3. The second-order valence-corrected chi connectivity index (χ2v) is 5.53. The molecule has 3 rings (SSSR count). The van der Waals surface area contributed by atoms with Gasteiger partial charge < -0.3 is 9.32 Å². The number of halogens is 1. The van der Waals surface area contributed by atoms with Crippen molar-refractivity contribution in [3.05, 3.63) is 65.1 Å². The summed E-state index contributed by atoms with van der Waals surface area (Å²) < 4.78 is 5.83. The zero-order valence-corrected chi connectivity index (χ0v) is 13.0. The number of fused-ring (bicyclic) bond motifs is 1. The van der Waals surface area contributed by atoms with E-state index >= 15 is 0 Å². The standard InChI is InChI=1S/C17H15ClN2O2/c1-11(15-9-12-5-3-4-6-14(12)22-15)20(2)17(21)13-7-8-19-16(18)10-13/h3-11H,1-2H3. The molecule has 0 saturated heterocycles. The quantitative estimate of drug-likeness (QED) is 0.677. The van der Waals surface area contributed by atoms with Gasteiger partial charge in [-0.3, -0.25) is 4.79 Å². The number of benzene rings is 1. The van der Waals surface area contributed by atoms with Crippen molar-refractivity contribution in [3.63, 3.8) is 0 Å². The number of hydrogen-bond acceptors (Lipinski definition) is 3. The van der Waals surface area contributed by atoms with Crippen molar-refractivity contribution in [1.29, 1.82) is 0 Å². The summed E-state index contributed by atoms with van der Waals surface area (Å²) >= 11 is 5.84. The third-order valence-electron chi connectivity index (χ3n) is 3.73. The average Bonchev–Trinajstić information content (AvgIpc) is 2.96. The molecule has 1 aromatic carbocycles. The van der Waals surface area contributed by atoms with Gasteiger partial charge in [0.05, 0.1) is 6.04 Å². The molecule has 22 heavy (non-hydrogen) atoms. The van der Waals surface area contributed by atoms with Crippen LogP contribution in [0.4, 0.5) is 0 Å². The van der Waals surface area contributed by atoms with E-state index in [4.69, 9.17) is 16.0 Å². The molecule has 112 valence electrons. The van der Waals surface area contributed by atoms with Crippen molar-refractivity contribution < 1.29 is 9.21 Å². The fourth-order valence-corrected chi connectivity index (χ4v) is 2.49. The first-order chi connectivity index (χ1) is 10.6. The van der Waals surface area contributed by atoms with Gasteiger partial charge in [0.1, 0.15) is 16.5 Å². The van der Waals surface area contributed by atoms with Gasteiger partial charge in [-0.25, -0.2) is 4.98 Å². The summed E-state index contributed by atoms with van der Waals surface area (Å²) in [5, 5.41) is 1.33. The van der Waals surface area contributed by atoms with Gasteiger partial charge in [-0.15, -0.1) is 0 Å². The van der Waals surface area contributed by atoms with E-state index in [2.05, 4.69) is 4.98 Å². The molecule has 0 saturated carbocycles. The highest BCUT2D eigenvalue weighted by Crippen LogP contribution is 2.27. The maximum atomic E-state index is 12.5. The van der Waals surface area contributed by atoms with Crippen molar-refractivity contribution in [2.45, 2.75) is 13.0 Å². The molecule has 1 atom stereocenters. The van der Waals surface area contributed by atoms with E-state index in [9.17, 15) is 4.79 Å². The maximum Gasteiger partial charge on any atom is 0.254 e. The van der Waals surface area contributed by atoms with E-state index < -0.39 is 0 Å². The molecule has 0 aliphatic heterocycles. The Kier molecular flexibility index (Phi) is 3.86. The van der Waals surface area contributed by atoms with Crippen LogP contribution in [0.2, 0.25) is 5.15 Å². The molecule has 1 amide bonds. The summed E-state index contributed by atoms with van der Waals surface area (Å²) in [5.41, 5.74) is 1.32. The van der Waals surface area contributed by atoms with Crippen molar-refractivity contribution in [1.82, 2.24) is 9.88 Å². The number of para-hydroxylation sites is 1. The lowest BCUT2D eigenvalue weighted by Crippen LogP contribution is -2.29. The highest BCUT2D eigenvalue weighted by atomic mass is 35.5. The van der Waals surface area contributed by atoms with Crippen LogP contribution in [0.3, 0.4) is 0 Å². The Balaban J connectivity index is 1.87. The minimum atomic E-state index is -0.188. The average molecular weight is 315 g/mol. The normalized spacial score (nSPS) is 12.3. The van der Waals surface area contributed by atoms with E-state index in [-0.39, 0.29) is 11.9 Å². The molecule has 0 fully saturated rings. The summed E-state index contributed by atoms with van der Waals surface area (Å²) in [7, 11) is 1.74. The summed E-state index contributed by atoms with van der Waals surface area (Å²) in [6.45, 7) is 1.93. The first-order valence-electron chi connectivity index (χ1n) is 6.93. The fourth-order valence-electron chi connectivity index (χ4n) is 2.31. The Labute approximate surface area is 133 Å². The molecule has 0 aliphatic carbocycles. The first-order valence-corrected chi connectivity index (χ1v) is 7.31. The van der Waals surface area contributed by atoms with Crippen LogP contribution in [-0.4, -0.2) is 22.8 Å². The summed E-state index contributed by atoms with van der Waals surface area (Å²) in [4.78, 5) is 18.0. The van der Waals surface area contributed by atoms with Gasteiger partial charge in [0.2, 0.25) is 0 Å². The van der Waals surface area contributed by atoms with Crippen LogP contribution in [0.25, 0.3) is 11.0 Å². The Hall–Kier alpha value is -2.33. The van der Waals surface area contributed by atoms with Gasteiger partial charge in [-0.1, -0.05) is 29.8 Å². The van der Waals surface area contributed by atoms with Gasteiger partial charge in [0.15, 0.2) is 0 Å². The number of carbonyl (C=O) groups is 1. The van der Waals surface area contributed by atoms with Crippen LogP contribution in [0.1, 0.15) is 29.1 Å². The molecule has 2 heterocycles. The molecule has 0 bridgehead atoms. The highest BCUT2D eigenvalue weighted by molar-refractivity contribution is 6.29. The molecule has 1 unspecified atom stereocenters. The van der Waals surface area contributed by atoms with E-state index in [1.165, 1.54) is 6.20 Å². The fraction of sp³-hybridized carbons (Fsp3) is 0.176. The van der Waals surface area contributed by atoms with Gasteiger partial charge in [-0.2, -0.15) is 0 Å². The minimum Gasteiger partial charge on any atom is -0.459 e. The van der Waals surface area contributed by atoms with Gasteiger partial charge >= 0.3 is 0 Å². The second kappa shape index (κ2) is 5.81. The molecule has 2 aromatic heterocycles. The van der Waals surface area contributed by atoms with Crippen molar-refractivity contribution >= 4 is 28.5 Å². The molecule has 4 nitrogen and oxygen atoms in total. The summed E-state index contributed by atoms with van der Waals surface area (Å²) in [5.74, 6) is 0.620. The SMILES string of the molecule is CC(c1cc2ccccc2o1)N(C)C(=O)c1ccnc(Cl)c1. The molecule has 0 radical (unpaired) electrons. The lowest BCUT2D eigenvalue weighted by molar-refractivity contribution is 0.0727. The van der Waals surface area contributed by atoms with Gasteiger partial charge in [0.25, 0.3) is 5.91 Å². The monoisotopic (exact) mass is 314 g/mol. The van der Waals surface area contributed by atoms with E-state index in [1.807, 2.05) is 37.3 Å². The predicted octanol–water partition coefficient (Wildman–Crippen LogP) is 4.31. The lowest BCUT2D eigenvalue weighted by atomic mass is 10.1. The second-order valence-electron chi connectivity index (χ2n) is 5.15. The number of hydrogen-bond donors (Lipinski definition) is 0. The topological polar surface area (TPSA) is 46.3 Å². The molecule has 3 aromatic rings. The minimum absolute atomic E-state index is 0.128. The van der Waals surface area contributed by atoms with Crippen LogP contribution in [0.15, 0.2) is 53.1 Å². The number of furan rings is 1. The zero-order chi connectivity index (χ0) is 15.7. The van der Waals surface area contributed by atoms with Crippen LogP contribution in [0.5, 0.6) is 0 Å². The smallest absolute Gasteiger partial charge is 0.254 e. The molecular formula is C17H15ClN2O2. The Morgan fingerprint density at radius 2 is 2.05 bits per heavy atom. The van der Waals surface area contributed by atoms with Crippen molar-refractivity contribution in [2.24, 2.45) is 0 Å². The lowest BCUT2D eigenvalue weighted by Gasteiger charge is -2.23. The third-order valence-corrected chi connectivity index (χ3v) is 3.94. The predicted molar refractivity (Wildman–Crippen MR) is 86.0 cm³/mol. The van der Waals surface area contributed by atoms with Crippen LogP contribution < -0.4 is 0 Å². The van der Waals surface area contributed by atoms with Gasteiger partial charge in [0, 0.05) is 24.2 Å². The van der Waals surface area contributed by atoms with Crippen LogP contribution in [-0.2, 0) is 0 Å². The van der Waals surface area contributed by atoms with E-state index in [1.54, 1.807) is 24.1 Å². The zero-order valence-electron chi connectivity index (χ0n) is 12.3. The third kappa shape index (κ3) is 2.70. The summed E-state index contributed by atoms with van der Waals surface area (Å²) in [6, 6.07) is 12.8. The number of aromatic nitrogens is 1.